The molecule has 6 aromatic rings. The van der Waals surface area contributed by atoms with Gasteiger partial charge >= 0.3 is 0 Å². The number of ether oxygens (including phenoxy) is 1. The molecule has 4 heterocycles. The van der Waals surface area contributed by atoms with E-state index in [0.29, 0.717) is 37.9 Å². The SMILES string of the molecule is COc1ncccc1-c1nc(C(=O)Nc2ccccc2C(N)=O)cs1.NC(=O)c1ccccc1NC(=O)c1csc(-c2cncc(Cl)c2)n1. The van der Waals surface area contributed by atoms with Crippen molar-refractivity contribution in [3.8, 4) is 27.0 Å². The lowest BCUT2D eigenvalue weighted by Crippen LogP contribution is -2.18. The molecule has 6 rings (SSSR count). The second kappa shape index (κ2) is 15.7. The van der Waals surface area contributed by atoms with Gasteiger partial charge in [0.2, 0.25) is 5.88 Å². The Balaban J connectivity index is 0.000000191. The van der Waals surface area contributed by atoms with Crippen molar-refractivity contribution in [1.82, 2.24) is 19.9 Å². The van der Waals surface area contributed by atoms with Crippen molar-refractivity contribution >= 4 is 69.3 Å². The molecule has 4 amide bonds. The lowest BCUT2D eigenvalue weighted by atomic mass is 10.1. The number of nitrogens with zero attached hydrogens (tertiary/aromatic N) is 4. The Labute approximate surface area is 292 Å². The molecule has 49 heavy (non-hydrogen) atoms. The second-order valence-corrected chi connectivity index (χ2v) is 11.9. The van der Waals surface area contributed by atoms with Crippen LogP contribution in [0.5, 0.6) is 5.88 Å². The summed E-state index contributed by atoms with van der Waals surface area (Å²) < 4.78 is 5.21. The van der Waals surface area contributed by atoms with E-state index in [-0.39, 0.29) is 22.5 Å². The summed E-state index contributed by atoms with van der Waals surface area (Å²) in [6.07, 6.45) is 4.76. The fraction of sp³-hybridized carbons (Fsp3) is 0.0303. The number of hydrogen-bond acceptors (Lipinski definition) is 11. The van der Waals surface area contributed by atoms with E-state index in [9.17, 15) is 19.2 Å². The van der Waals surface area contributed by atoms with Gasteiger partial charge in [-0.3, -0.25) is 24.2 Å². The summed E-state index contributed by atoms with van der Waals surface area (Å²) >= 11 is 8.51. The van der Waals surface area contributed by atoms with E-state index in [1.807, 2.05) is 6.07 Å². The zero-order valence-corrected chi connectivity index (χ0v) is 27.8. The lowest BCUT2D eigenvalue weighted by molar-refractivity contribution is 0.0989. The van der Waals surface area contributed by atoms with Gasteiger partial charge in [-0.2, -0.15) is 0 Å². The number of hydrogen-bond donors (Lipinski definition) is 4. The molecule has 0 aliphatic rings. The molecule has 0 radical (unpaired) electrons. The lowest BCUT2D eigenvalue weighted by Gasteiger charge is -2.07. The quantitative estimate of drug-likeness (QED) is 0.143. The van der Waals surface area contributed by atoms with Gasteiger partial charge in [-0.25, -0.2) is 15.0 Å². The van der Waals surface area contributed by atoms with Crippen molar-refractivity contribution in [2.45, 2.75) is 0 Å². The highest BCUT2D eigenvalue weighted by Crippen LogP contribution is 2.31. The van der Waals surface area contributed by atoms with Crippen molar-refractivity contribution in [3.63, 3.8) is 0 Å². The number of carbonyl (C=O) groups is 4. The Morgan fingerprint density at radius 2 is 1.31 bits per heavy atom. The summed E-state index contributed by atoms with van der Waals surface area (Å²) in [6, 6.07) is 18.3. The summed E-state index contributed by atoms with van der Waals surface area (Å²) in [5.74, 6) is -1.66. The van der Waals surface area contributed by atoms with Gasteiger partial charge in [0.15, 0.2) is 0 Å². The zero-order valence-electron chi connectivity index (χ0n) is 25.4. The van der Waals surface area contributed by atoms with Gasteiger partial charge in [0, 0.05) is 34.9 Å². The summed E-state index contributed by atoms with van der Waals surface area (Å²) in [7, 11) is 1.52. The number of rotatable bonds is 9. The van der Waals surface area contributed by atoms with E-state index in [2.05, 4.69) is 30.6 Å². The number of halogens is 1. The number of anilines is 2. The Hall–Kier alpha value is -6.03. The van der Waals surface area contributed by atoms with Crippen LogP contribution in [-0.2, 0) is 0 Å². The maximum absolute atomic E-state index is 12.4. The molecule has 16 heteroatoms. The molecular weight excluding hydrogens is 688 g/mol. The Morgan fingerprint density at radius 1 is 0.755 bits per heavy atom. The normalized spacial score (nSPS) is 10.3. The number of amides is 4. The average Bonchev–Trinajstić information content (AvgIpc) is 3.80. The number of benzene rings is 2. The van der Waals surface area contributed by atoms with Crippen molar-refractivity contribution < 1.29 is 23.9 Å². The molecule has 0 unspecified atom stereocenters. The van der Waals surface area contributed by atoms with Crippen molar-refractivity contribution in [3.05, 3.63) is 124 Å². The highest BCUT2D eigenvalue weighted by molar-refractivity contribution is 7.13. The number of pyridine rings is 2. The minimum Gasteiger partial charge on any atom is -0.480 e. The molecule has 246 valence electrons. The number of nitrogens with one attached hydrogen (secondary N) is 2. The minimum absolute atomic E-state index is 0.227. The summed E-state index contributed by atoms with van der Waals surface area (Å²) in [6.45, 7) is 0. The Morgan fingerprint density at radius 3 is 1.86 bits per heavy atom. The number of methoxy groups -OCH3 is 1. The van der Waals surface area contributed by atoms with E-state index in [1.54, 1.807) is 83.8 Å². The van der Waals surface area contributed by atoms with Crippen LogP contribution < -0.4 is 26.8 Å². The van der Waals surface area contributed by atoms with Crippen molar-refractivity contribution in [2.75, 3.05) is 17.7 Å². The van der Waals surface area contributed by atoms with Crippen LogP contribution >= 0.6 is 34.3 Å². The summed E-state index contributed by atoms with van der Waals surface area (Å²) in [4.78, 5) is 64.3. The van der Waals surface area contributed by atoms with Crippen LogP contribution in [0.15, 0.2) is 96.1 Å². The predicted octanol–water partition coefficient (Wildman–Crippen LogP) is 5.77. The first-order valence-electron chi connectivity index (χ1n) is 14.1. The van der Waals surface area contributed by atoms with Crippen LogP contribution in [0.2, 0.25) is 5.02 Å². The van der Waals surface area contributed by atoms with Crippen LogP contribution in [0.1, 0.15) is 41.7 Å². The monoisotopic (exact) mass is 712 g/mol. The maximum Gasteiger partial charge on any atom is 0.275 e. The molecule has 0 fully saturated rings. The molecule has 2 aromatic carbocycles. The Kier molecular flexibility index (Phi) is 11.0. The van der Waals surface area contributed by atoms with Gasteiger partial charge in [-0.05, 0) is 42.5 Å². The Bertz CT molecular complexity index is 2170. The van der Waals surface area contributed by atoms with Gasteiger partial charge in [0.1, 0.15) is 21.4 Å². The van der Waals surface area contributed by atoms with E-state index < -0.39 is 23.6 Å². The van der Waals surface area contributed by atoms with Gasteiger partial charge in [0.25, 0.3) is 23.6 Å². The minimum atomic E-state index is -0.616. The summed E-state index contributed by atoms with van der Waals surface area (Å²) in [5.41, 5.74) is 13.7. The van der Waals surface area contributed by atoms with Gasteiger partial charge in [-0.1, -0.05) is 35.9 Å². The van der Waals surface area contributed by atoms with E-state index >= 15 is 0 Å². The molecule has 0 aliphatic carbocycles. The predicted molar refractivity (Wildman–Crippen MR) is 188 cm³/mol. The van der Waals surface area contributed by atoms with Crippen LogP contribution in [-0.4, -0.2) is 50.7 Å². The molecule has 0 saturated heterocycles. The number of primary amides is 2. The van der Waals surface area contributed by atoms with Crippen LogP contribution in [0.3, 0.4) is 0 Å². The van der Waals surface area contributed by atoms with Crippen LogP contribution in [0.25, 0.3) is 21.1 Å². The number of nitrogens with two attached hydrogens (primary N) is 2. The molecule has 4 aromatic heterocycles. The molecule has 0 bridgehead atoms. The van der Waals surface area contributed by atoms with E-state index in [0.717, 1.165) is 5.56 Å². The van der Waals surface area contributed by atoms with Gasteiger partial charge in [0.05, 0.1) is 40.2 Å². The number of aromatic nitrogens is 4. The number of thiazole rings is 2. The molecule has 13 nitrogen and oxygen atoms in total. The highest BCUT2D eigenvalue weighted by Gasteiger charge is 2.18. The van der Waals surface area contributed by atoms with Gasteiger partial charge in [-0.15, -0.1) is 22.7 Å². The smallest absolute Gasteiger partial charge is 0.275 e. The van der Waals surface area contributed by atoms with E-state index in [1.165, 1.54) is 36.0 Å². The van der Waals surface area contributed by atoms with Crippen molar-refractivity contribution in [2.24, 2.45) is 11.5 Å². The number of para-hydroxylation sites is 2. The standard InChI is InChI=1S/C17H14N4O3S.C16H11ClN4O2S/c1-24-16-11(6-4-8-19-16)17-21-13(9-25-17)15(23)20-12-7-3-2-5-10(12)14(18)22;17-10-5-9(6-19-7-10)16-21-13(8-24-16)15(23)20-12-4-2-1-3-11(12)14(18)22/h2-9H,1H3,(H2,18,22)(H,20,23);1-8H,(H2,18,22)(H,20,23). The fourth-order valence-corrected chi connectivity index (χ4v) is 6.02. The molecular formula is C33H25ClN8O5S2. The molecule has 0 spiro atoms. The van der Waals surface area contributed by atoms with Crippen LogP contribution in [0.4, 0.5) is 11.4 Å². The van der Waals surface area contributed by atoms with E-state index in [4.69, 9.17) is 27.8 Å². The first kappa shape index (κ1) is 34.3. The highest BCUT2D eigenvalue weighted by atomic mass is 35.5. The molecule has 0 aliphatic heterocycles. The molecule has 0 saturated carbocycles. The third-order valence-corrected chi connectivity index (χ3v) is 8.48. The average molecular weight is 713 g/mol. The third kappa shape index (κ3) is 8.47. The fourth-order valence-electron chi connectivity index (χ4n) is 4.24. The zero-order chi connectivity index (χ0) is 34.9. The second-order valence-electron chi connectivity index (χ2n) is 9.76. The third-order valence-electron chi connectivity index (χ3n) is 6.50. The topological polar surface area (TPSA) is 205 Å². The molecule has 0 atom stereocenters. The molecule has 6 N–H and O–H groups in total. The maximum atomic E-state index is 12.4. The first-order chi connectivity index (χ1) is 23.6. The van der Waals surface area contributed by atoms with Crippen LogP contribution in [0, 0.1) is 0 Å². The van der Waals surface area contributed by atoms with Gasteiger partial charge < -0.3 is 26.8 Å². The largest absolute Gasteiger partial charge is 0.480 e. The summed E-state index contributed by atoms with van der Waals surface area (Å²) in [5, 5.41) is 10.3. The number of carbonyl (C=O) groups excluding carboxylic acids is 4. The first-order valence-corrected chi connectivity index (χ1v) is 16.2. The van der Waals surface area contributed by atoms with Crippen molar-refractivity contribution in [1.29, 1.82) is 0 Å².